The van der Waals surface area contributed by atoms with Crippen LogP contribution in [0.5, 0.6) is 0 Å². The summed E-state index contributed by atoms with van der Waals surface area (Å²) in [5, 5.41) is 3.09. The number of benzene rings is 1. The molecular weight excluding hydrogens is 220 g/mol. The first-order valence-electron chi connectivity index (χ1n) is 6.16. The van der Waals surface area contributed by atoms with E-state index in [1.165, 1.54) is 12.1 Å². The summed E-state index contributed by atoms with van der Waals surface area (Å²) in [5.74, 6) is -0.331. The van der Waals surface area contributed by atoms with Crippen molar-refractivity contribution >= 4 is 0 Å². The summed E-state index contributed by atoms with van der Waals surface area (Å²) < 4.78 is 26.4. The van der Waals surface area contributed by atoms with Gasteiger partial charge in [0.05, 0.1) is 0 Å². The van der Waals surface area contributed by atoms with Crippen molar-refractivity contribution in [1.29, 1.82) is 0 Å². The standard InChI is InChI=1S/C14H21F2N/c1-10(2)5-4-6-14(17-3)12-8-7-11(15)9-13(12)16/h7-10,14,17H,4-6H2,1-3H3. The van der Waals surface area contributed by atoms with Gasteiger partial charge in [-0.3, -0.25) is 0 Å². The van der Waals surface area contributed by atoms with Crippen molar-refractivity contribution in [3.63, 3.8) is 0 Å². The Morgan fingerprint density at radius 1 is 1.18 bits per heavy atom. The Labute approximate surface area is 102 Å². The third kappa shape index (κ3) is 4.43. The first kappa shape index (κ1) is 14.1. The predicted molar refractivity (Wildman–Crippen MR) is 66.8 cm³/mol. The van der Waals surface area contributed by atoms with Gasteiger partial charge in [0.15, 0.2) is 0 Å². The number of rotatable bonds is 6. The quantitative estimate of drug-likeness (QED) is 0.792. The van der Waals surface area contributed by atoms with Crippen molar-refractivity contribution in [2.75, 3.05) is 7.05 Å². The van der Waals surface area contributed by atoms with Crippen LogP contribution in [0.3, 0.4) is 0 Å². The fraction of sp³-hybridized carbons (Fsp3) is 0.571. The summed E-state index contributed by atoms with van der Waals surface area (Å²) >= 11 is 0. The minimum Gasteiger partial charge on any atom is -0.313 e. The van der Waals surface area contributed by atoms with Crippen molar-refractivity contribution in [2.45, 2.75) is 39.2 Å². The smallest absolute Gasteiger partial charge is 0.130 e. The number of hydrogen-bond donors (Lipinski definition) is 1. The molecule has 0 heterocycles. The highest BCUT2D eigenvalue weighted by Gasteiger charge is 2.14. The predicted octanol–water partition coefficient (Wildman–Crippen LogP) is 4.05. The first-order chi connectivity index (χ1) is 8.04. The highest BCUT2D eigenvalue weighted by Crippen LogP contribution is 2.23. The normalized spacial score (nSPS) is 13.1. The molecule has 1 aromatic carbocycles. The van der Waals surface area contributed by atoms with Crippen LogP contribution in [0.4, 0.5) is 8.78 Å². The van der Waals surface area contributed by atoms with Gasteiger partial charge in [-0.05, 0) is 25.5 Å². The molecule has 1 rings (SSSR count). The average Bonchev–Trinajstić information content (AvgIpc) is 2.25. The van der Waals surface area contributed by atoms with Gasteiger partial charge in [0.25, 0.3) is 0 Å². The van der Waals surface area contributed by atoms with Crippen LogP contribution in [-0.4, -0.2) is 7.05 Å². The molecule has 0 radical (unpaired) electrons. The van der Waals surface area contributed by atoms with Crippen molar-refractivity contribution in [3.05, 3.63) is 35.4 Å². The van der Waals surface area contributed by atoms with Gasteiger partial charge in [-0.25, -0.2) is 8.78 Å². The topological polar surface area (TPSA) is 12.0 Å². The second-order valence-electron chi connectivity index (χ2n) is 4.83. The minimum absolute atomic E-state index is 0.0330. The van der Waals surface area contributed by atoms with Gasteiger partial charge in [0.2, 0.25) is 0 Å². The van der Waals surface area contributed by atoms with Crippen LogP contribution in [0.2, 0.25) is 0 Å². The Kier molecular flexibility index (Phi) is 5.56. The molecule has 96 valence electrons. The van der Waals surface area contributed by atoms with E-state index in [2.05, 4.69) is 19.2 Å². The summed E-state index contributed by atoms with van der Waals surface area (Å²) in [5.41, 5.74) is 0.553. The van der Waals surface area contributed by atoms with Crippen LogP contribution in [0.1, 0.15) is 44.7 Å². The van der Waals surface area contributed by atoms with E-state index >= 15 is 0 Å². The molecule has 0 spiro atoms. The third-order valence-electron chi connectivity index (χ3n) is 2.96. The highest BCUT2D eigenvalue weighted by molar-refractivity contribution is 5.22. The average molecular weight is 241 g/mol. The summed E-state index contributed by atoms with van der Waals surface area (Å²) in [6.45, 7) is 4.35. The molecule has 0 aliphatic carbocycles. The fourth-order valence-corrected chi connectivity index (χ4v) is 1.97. The van der Waals surface area contributed by atoms with Crippen LogP contribution in [-0.2, 0) is 0 Å². The van der Waals surface area contributed by atoms with E-state index in [1.807, 2.05) is 7.05 Å². The van der Waals surface area contributed by atoms with Crippen LogP contribution in [0, 0.1) is 17.6 Å². The second-order valence-corrected chi connectivity index (χ2v) is 4.83. The summed E-state index contributed by atoms with van der Waals surface area (Å²) in [6.07, 6.45) is 3.04. The van der Waals surface area contributed by atoms with E-state index in [9.17, 15) is 8.78 Å². The lowest BCUT2D eigenvalue weighted by molar-refractivity contribution is 0.454. The van der Waals surface area contributed by atoms with Crippen LogP contribution >= 0.6 is 0 Å². The van der Waals surface area contributed by atoms with Crippen molar-refractivity contribution in [3.8, 4) is 0 Å². The maximum absolute atomic E-state index is 13.6. The lowest BCUT2D eigenvalue weighted by Crippen LogP contribution is -2.18. The monoisotopic (exact) mass is 241 g/mol. The Bertz CT molecular complexity index is 350. The van der Waals surface area contributed by atoms with Crippen molar-refractivity contribution in [2.24, 2.45) is 5.92 Å². The van der Waals surface area contributed by atoms with Gasteiger partial charge < -0.3 is 5.32 Å². The van der Waals surface area contributed by atoms with Crippen LogP contribution < -0.4 is 5.32 Å². The van der Waals surface area contributed by atoms with E-state index in [-0.39, 0.29) is 6.04 Å². The molecule has 1 N–H and O–H groups in total. The molecule has 0 aromatic heterocycles. The van der Waals surface area contributed by atoms with Crippen LogP contribution in [0.25, 0.3) is 0 Å². The zero-order valence-electron chi connectivity index (χ0n) is 10.8. The molecule has 1 unspecified atom stereocenters. The van der Waals surface area contributed by atoms with Gasteiger partial charge in [-0.2, -0.15) is 0 Å². The molecule has 17 heavy (non-hydrogen) atoms. The molecule has 1 nitrogen and oxygen atoms in total. The van der Waals surface area contributed by atoms with Gasteiger partial charge in [-0.1, -0.05) is 32.8 Å². The zero-order chi connectivity index (χ0) is 12.8. The van der Waals surface area contributed by atoms with Gasteiger partial charge in [0, 0.05) is 17.7 Å². The number of nitrogens with one attached hydrogen (secondary N) is 1. The molecule has 3 heteroatoms. The van der Waals surface area contributed by atoms with Crippen molar-refractivity contribution < 1.29 is 8.78 Å². The van der Waals surface area contributed by atoms with Gasteiger partial charge in [0.1, 0.15) is 11.6 Å². The van der Waals surface area contributed by atoms with E-state index in [0.29, 0.717) is 11.5 Å². The Morgan fingerprint density at radius 3 is 2.41 bits per heavy atom. The number of hydrogen-bond acceptors (Lipinski definition) is 1. The molecule has 1 aromatic rings. The molecule has 1 atom stereocenters. The molecule has 0 saturated carbocycles. The summed E-state index contributed by atoms with van der Waals surface area (Å²) in [4.78, 5) is 0. The maximum atomic E-state index is 13.6. The van der Waals surface area contributed by atoms with E-state index in [1.54, 1.807) is 0 Å². The summed E-state index contributed by atoms with van der Waals surface area (Å²) in [6, 6.07) is 3.75. The molecule has 0 saturated heterocycles. The lowest BCUT2D eigenvalue weighted by atomic mass is 9.98. The SMILES string of the molecule is CNC(CCCC(C)C)c1ccc(F)cc1F. The number of halogens is 2. The van der Waals surface area contributed by atoms with Gasteiger partial charge >= 0.3 is 0 Å². The van der Waals surface area contributed by atoms with Crippen LogP contribution in [0.15, 0.2) is 18.2 Å². The molecule has 0 aliphatic rings. The Balaban J connectivity index is 2.66. The minimum atomic E-state index is -0.525. The molecule has 0 bridgehead atoms. The van der Waals surface area contributed by atoms with Crippen molar-refractivity contribution in [1.82, 2.24) is 5.32 Å². The Hall–Kier alpha value is -0.960. The van der Waals surface area contributed by atoms with E-state index in [4.69, 9.17) is 0 Å². The molecular formula is C14H21F2N. The third-order valence-corrected chi connectivity index (χ3v) is 2.96. The Morgan fingerprint density at radius 2 is 1.88 bits per heavy atom. The zero-order valence-corrected chi connectivity index (χ0v) is 10.8. The molecule has 0 fully saturated rings. The fourth-order valence-electron chi connectivity index (χ4n) is 1.97. The molecule has 0 amide bonds. The first-order valence-corrected chi connectivity index (χ1v) is 6.16. The lowest BCUT2D eigenvalue weighted by Gasteiger charge is -2.17. The maximum Gasteiger partial charge on any atom is 0.130 e. The summed E-state index contributed by atoms with van der Waals surface area (Å²) in [7, 11) is 1.81. The highest BCUT2D eigenvalue weighted by atomic mass is 19.1. The van der Waals surface area contributed by atoms with E-state index < -0.39 is 11.6 Å². The largest absolute Gasteiger partial charge is 0.313 e. The van der Waals surface area contributed by atoms with E-state index in [0.717, 1.165) is 25.3 Å². The van der Waals surface area contributed by atoms with Gasteiger partial charge in [-0.15, -0.1) is 0 Å². The second kappa shape index (κ2) is 6.70. The molecule has 0 aliphatic heterocycles.